The van der Waals surface area contributed by atoms with Crippen molar-refractivity contribution < 1.29 is 14.3 Å². The summed E-state index contributed by atoms with van der Waals surface area (Å²) in [6.45, 7) is 6.14. The molecule has 0 bridgehead atoms. The molecule has 0 spiro atoms. The van der Waals surface area contributed by atoms with Crippen LogP contribution in [-0.2, 0) is 9.53 Å². The van der Waals surface area contributed by atoms with Gasteiger partial charge in [0.25, 0.3) is 0 Å². The van der Waals surface area contributed by atoms with Crippen molar-refractivity contribution in [3.63, 3.8) is 0 Å². The molecule has 0 N–H and O–H groups in total. The van der Waals surface area contributed by atoms with Gasteiger partial charge in [0.15, 0.2) is 0 Å². The highest BCUT2D eigenvalue weighted by Crippen LogP contribution is 2.05. The summed E-state index contributed by atoms with van der Waals surface area (Å²) in [6, 6.07) is 2.03. The van der Waals surface area contributed by atoms with Gasteiger partial charge in [-0.3, -0.25) is 9.69 Å². The van der Waals surface area contributed by atoms with Gasteiger partial charge in [0.1, 0.15) is 0 Å². The molecule has 1 aliphatic heterocycles. The molecule has 0 aromatic heterocycles. The second-order valence-electron chi connectivity index (χ2n) is 5.00. The van der Waals surface area contributed by atoms with E-state index in [-0.39, 0.29) is 12.0 Å². The van der Waals surface area contributed by atoms with Crippen LogP contribution >= 0.6 is 0 Å². The number of rotatable bonds is 6. The Morgan fingerprint density at radius 1 is 1.29 bits per heavy atom. The molecular weight excluding hydrogens is 272 g/mol. The number of nitrogens with zero attached hydrogens (tertiary/aromatic N) is 4. The first kappa shape index (κ1) is 17.2. The van der Waals surface area contributed by atoms with Crippen LogP contribution in [0.15, 0.2) is 0 Å². The standard InChI is InChI=1S/C14H24N4O3/c1-3-21-14(20)18-11-9-17(10-12-18)8-5-13(19)16(2)7-4-6-15/h3-5,7-12H2,1-2H3. The molecule has 0 aromatic carbocycles. The van der Waals surface area contributed by atoms with Crippen LogP contribution in [0.1, 0.15) is 19.8 Å². The lowest BCUT2D eigenvalue weighted by atomic mass is 10.2. The van der Waals surface area contributed by atoms with E-state index in [0.717, 1.165) is 13.1 Å². The fourth-order valence-electron chi connectivity index (χ4n) is 2.16. The average Bonchev–Trinajstić information content (AvgIpc) is 2.50. The molecule has 1 rings (SSSR count). The van der Waals surface area contributed by atoms with Crippen LogP contribution in [0, 0.1) is 11.3 Å². The largest absolute Gasteiger partial charge is 0.450 e. The molecule has 7 nitrogen and oxygen atoms in total. The van der Waals surface area contributed by atoms with Crippen molar-refractivity contribution >= 4 is 12.0 Å². The van der Waals surface area contributed by atoms with Gasteiger partial charge in [0, 0.05) is 52.7 Å². The van der Waals surface area contributed by atoms with Gasteiger partial charge in [-0.15, -0.1) is 0 Å². The summed E-state index contributed by atoms with van der Waals surface area (Å²) >= 11 is 0. The number of amides is 2. The summed E-state index contributed by atoms with van der Waals surface area (Å²) in [5.74, 6) is 0.0538. The second-order valence-corrected chi connectivity index (χ2v) is 5.00. The molecule has 21 heavy (non-hydrogen) atoms. The van der Waals surface area contributed by atoms with Gasteiger partial charge in [-0.05, 0) is 6.92 Å². The van der Waals surface area contributed by atoms with Crippen molar-refractivity contribution in [1.82, 2.24) is 14.7 Å². The maximum Gasteiger partial charge on any atom is 0.409 e. The molecule has 0 unspecified atom stereocenters. The molecule has 0 aromatic rings. The highest BCUT2D eigenvalue weighted by molar-refractivity contribution is 5.76. The van der Waals surface area contributed by atoms with Crippen LogP contribution < -0.4 is 0 Å². The number of nitriles is 1. The Hall–Kier alpha value is -1.81. The van der Waals surface area contributed by atoms with E-state index in [1.165, 1.54) is 0 Å². The molecule has 1 aliphatic rings. The van der Waals surface area contributed by atoms with Crippen molar-refractivity contribution in [2.75, 3.05) is 52.9 Å². The maximum atomic E-state index is 11.9. The number of ether oxygens (including phenoxy) is 1. The second kappa shape index (κ2) is 9.19. The predicted molar refractivity (Wildman–Crippen MR) is 77.5 cm³/mol. The number of hydrogen-bond acceptors (Lipinski definition) is 5. The van der Waals surface area contributed by atoms with E-state index < -0.39 is 0 Å². The lowest BCUT2D eigenvalue weighted by molar-refractivity contribution is -0.130. The van der Waals surface area contributed by atoms with E-state index in [2.05, 4.69) is 4.90 Å². The van der Waals surface area contributed by atoms with Crippen LogP contribution in [0.4, 0.5) is 4.79 Å². The summed E-state index contributed by atoms with van der Waals surface area (Å²) in [4.78, 5) is 28.9. The molecule has 0 saturated carbocycles. The molecule has 118 valence electrons. The van der Waals surface area contributed by atoms with Crippen molar-refractivity contribution in [3.8, 4) is 6.07 Å². The van der Waals surface area contributed by atoms with E-state index in [9.17, 15) is 9.59 Å². The Kier molecular flexibility index (Phi) is 7.54. The molecule has 7 heteroatoms. The molecule has 1 fully saturated rings. The monoisotopic (exact) mass is 296 g/mol. The van der Waals surface area contributed by atoms with Gasteiger partial charge in [-0.25, -0.2) is 4.79 Å². The summed E-state index contributed by atoms with van der Waals surface area (Å²) in [5, 5.41) is 8.50. The number of carbonyl (C=O) groups is 2. The summed E-state index contributed by atoms with van der Waals surface area (Å²) in [6.07, 6.45) is 0.548. The number of carbonyl (C=O) groups excluding carboxylic acids is 2. The fraction of sp³-hybridized carbons (Fsp3) is 0.786. The highest BCUT2D eigenvalue weighted by Gasteiger charge is 2.22. The SMILES string of the molecule is CCOC(=O)N1CCN(CCC(=O)N(C)CCC#N)CC1. The zero-order valence-corrected chi connectivity index (χ0v) is 12.9. The van der Waals surface area contributed by atoms with Crippen LogP contribution in [0.3, 0.4) is 0 Å². The average molecular weight is 296 g/mol. The maximum absolute atomic E-state index is 11.9. The first-order valence-corrected chi connectivity index (χ1v) is 7.33. The van der Waals surface area contributed by atoms with Crippen molar-refractivity contribution in [1.29, 1.82) is 5.26 Å². The normalized spacial score (nSPS) is 15.4. The lowest BCUT2D eigenvalue weighted by Gasteiger charge is -2.34. The van der Waals surface area contributed by atoms with Gasteiger partial charge in [-0.1, -0.05) is 0 Å². The topological polar surface area (TPSA) is 76.9 Å². The first-order valence-electron chi connectivity index (χ1n) is 7.33. The lowest BCUT2D eigenvalue weighted by Crippen LogP contribution is -2.49. The smallest absolute Gasteiger partial charge is 0.409 e. The molecule has 0 radical (unpaired) electrons. The van der Waals surface area contributed by atoms with Crippen LogP contribution in [0.5, 0.6) is 0 Å². The highest BCUT2D eigenvalue weighted by atomic mass is 16.6. The molecule has 1 saturated heterocycles. The minimum absolute atomic E-state index is 0.0538. The molecular formula is C14H24N4O3. The number of piperazine rings is 1. The Morgan fingerprint density at radius 2 is 1.95 bits per heavy atom. The molecule has 0 aliphatic carbocycles. The fourth-order valence-corrected chi connectivity index (χ4v) is 2.16. The number of hydrogen-bond donors (Lipinski definition) is 0. The van der Waals surface area contributed by atoms with Crippen molar-refractivity contribution in [2.45, 2.75) is 19.8 Å². The summed E-state index contributed by atoms with van der Waals surface area (Å²) in [7, 11) is 1.72. The molecule has 0 atom stereocenters. The predicted octanol–water partition coefficient (Wildman–Crippen LogP) is 0.523. The quantitative estimate of drug-likeness (QED) is 0.714. The van der Waals surface area contributed by atoms with Gasteiger partial charge in [0.05, 0.1) is 19.1 Å². The van der Waals surface area contributed by atoms with Crippen LogP contribution in [-0.4, -0.2) is 79.6 Å². The molecule has 1 heterocycles. The van der Waals surface area contributed by atoms with E-state index in [1.54, 1.807) is 23.8 Å². The third-order valence-corrected chi connectivity index (χ3v) is 3.52. The van der Waals surface area contributed by atoms with Gasteiger partial charge >= 0.3 is 6.09 Å². The third-order valence-electron chi connectivity index (χ3n) is 3.52. The van der Waals surface area contributed by atoms with Crippen LogP contribution in [0.2, 0.25) is 0 Å². The van der Waals surface area contributed by atoms with E-state index >= 15 is 0 Å². The van der Waals surface area contributed by atoms with Crippen molar-refractivity contribution in [2.24, 2.45) is 0 Å². The Morgan fingerprint density at radius 3 is 2.52 bits per heavy atom. The van der Waals surface area contributed by atoms with Gasteiger partial charge < -0.3 is 14.5 Å². The minimum Gasteiger partial charge on any atom is -0.450 e. The Labute approximate surface area is 126 Å². The summed E-state index contributed by atoms with van der Waals surface area (Å²) in [5.41, 5.74) is 0. The van der Waals surface area contributed by atoms with Gasteiger partial charge in [-0.2, -0.15) is 5.26 Å². The van der Waals surface area contributed by atoms with E-state index in [0.29, 0.717) is 45.6 Å². The van der Waals surface area contributed by atoms with E-state index in [4.69, 9.17) is 10.00 Å². The third kappa shape index (κ3) is 6.00. The Bertz CT molecular complexity index is 386. The zero-order valence-electron chi connectivity index (χ0n) is 12.9. The summed E-state index contributed by atoms with van der Waals surface area (Å²) < 4.78 is 4.97. The van der Waals surface area contributed by atoms with Crippen molar-refractivity contribution in [3.05, 3.63) is 0 Å². The zero-order chi connectivity index (χ0) is 15.7. The van der Waals surface area contributed by atoms with E-state index in [1.807, 2.05) is 6.07 Å². The van der Waals surface area contributed by atoms with Crippen LogP contribution in [0.25, 0.3) is 0 Å². The van der Waals surface area contributed by atoms with Gasteiger partial charge in [0.2, 0.25) is 5.91 Å². The minimum atomic E-state index is -0.260. The molecule has 2 amide bonds. The first-order chi connectivity index (χ1) is 10.1. The Balaban J connectivity index is 2.22.